The molecular weight excluding hydrogens is 226 g/mol. The van der Waals surface area contributed by atoms with Gasteiger partial charge in [-0.25, -0.2) is 4.79 Å². The Balaban J connectivity index is 4.24. The first kappa shape index (κ1) is 15.3. The number of methoxy groups -OCH3 is 1. The van der Waals surface area contributed by atoms with Gasteiger partial charge in [-0.1, -0.05) is 13.8 Å². The molecule has 0 fully saturated rings. The number of amides is 1. The summed E-state index contributed by atoms with van der Waals surface area (Å²) in [7, 11) is 2.92. The molecule has 5 heteroatoms. The van der Waals surface area contributed by atoms with Crippen molar-refractivity contribution in [1.29, 1.82) is 0 Å². The lowest BCUT2D eigenvalue weighted by molar-refractivity contribution is -0.151. The molecule has 0 aliphatic heterocycles. The van der Waals surface area contributed by atoms with Gasteiger partial charge in [-0.3, -0.25) is 4.79 Å². The van der Waals surface area contributed by atoms with Crippen molar-refractivity contribution in [2.45, 2.75) is 44.4 Å². The van der Waals surface area contributed by atoms with Gasteiger partial charge < -0.3 is 9.64 Å². The predicted octanol–water partition coefficient (Wildman–Crippen LogP) is 1.49. The first-order valence-corrected chi connectivity index (χ1v) is 5.69. The summed E-state index contributed by atoms with van der Waals surface area (Å²) in [6, 6.07) is -0.541. The lowest BCUT2D eigenvalue weighted by Crippen LogP contribution is -2.41. The second kappa shape index (κ2) is 6.13. The van der Waals surface area contributed by atoms with E-state index in [1.54, 1.807) is 14.0 Å². The van der Waals surface area contributed by atoms with Crippen LogP contribution in [0.15, 0.2) is 0 Å². The van der Waals surface area contributed by atoms with Gasteiger partial charge in [0, 0.05) is 18.2 Å². The number of carbonyl (C=O) groups excluding carboxylic acids is 2. The van der Waals surface area contributed by atoms with E-state index in [1.807, 2.05) is 13.8 Å². The monoisotopic (exact) mass is 247 g/mol. The Bertz CT molecular complexity index is 260. The largest absolute Gasteiger partial charge is 0.467 e. The molecule has 0 aromatic rings. The van der Waals surface area contributed by atoms with Crippen molar-refractivity contribution in [3.63, 3.8) is 0 Å². The molecule has 0 heterocycles. The molecule has 1 unspecified atom stereocenters. The van der Waals surface area contributed by atoms with Gasteiger partial charge in [-0.2, -0.15) is 12.6 Å². The number of thiol groups is 1. The number of carbonyl (C=O) groups is 2. The number of likely N-dealkylation sites (N-methyl/N-ethyl adjacent to an activating group) is 1. The molecule has 0 N–H and O–H groups in total. The third kappa shape index (κ3) is 5.39. The number of nitrogens with zero attached hydrogens (tertiary/aromatic N) is 1. The van der Waals surface area contributed by atoms with Crippen molar-refractivity contribution in [1.82, 2.24) is 4.90 Å². The summed E-state index contributed by atoms with van der Waals surface area (Å²) in [5, 5.41) is 0. The Morgan fingerprint density at radius 1 is 1.44 bits per heavy atom. The first-order valence-electron chi connectivity index (χ1n) is 5.25. The molecule has 0 aromatic heterocycles. The van der Waals surface area contributed by atoms with Gasteiger partial charge in [-0.05, 0) is 13.3 Å². The number of rotatable bonds is 5. The summed E-state index contributed by atoms with van der Waals surface area (Å²) >= 11 is 4.35. The minimum atomic E-state index is -0.541. The highest BCUT2D eigenvalue weighted by molar-refractivity contribution is 7.81. The van der Waals surface area contributed by atoms with Crippen LogP contribution < -0.4 is 0 Å². The van der Waals surface area contributed by atoms with Crippen LogP contribution >= 0.6 is 12.6 Å². The van der Waals surface area contributed by atoms with Crippen LogP contribution in [0.4, 0.5) is 0 Å². The molecule has 0 saturated heterocycles. The molecule has 0 rings (SSSR count). The standard InChI is InChI=1S/C11H21NO3S/c1-8(10(14)15-5)12(4)9(13)6-7-11(2,3)16/h8,16H,6-7H2,1-5H3. The minimum Gasteiger partial charge on any atom is -0.467 e. The summed E-state index contributed by atoms with van der Waals surface area (Å²) in [4.78, 5) is 24.4. The maximum Gasteiger partial charge on any atom is 0.328 e. The van der Waals surface area contributed by atoms with Crippen LogP contribution in [0.5, 0.6) is 0 Å². The van der Waals surface area contributed by atoms with Crippen LogP contribution in [0.3, 0.4) is 0 Å². The van der Waals surface area contributed by atoms with E-state index in [0.717, 1.165) is 0 Å². The van der Waals surface area contributed by atoms with Gasteiger partial charge in [0.15, 0.2) is 0 Å². The molecular formula is C11H21NO3S. The summed E-state index contributed by atoms with van der Waals surface area (Å²) in [6.45, 7) is 5.55. The first-order chi connectivity index (χ1) is 7.19. The number of hydrogen-bond donors (Lipinski definition) is 1. The Morgan fingerprint density at radius 2 is 1.94 bits per heavy atom. The highest BCUT2D eigenvalue weighted by atomic mass is 32.1. The van der Waals surface area contributed by atoms with Gasteiger partial charge in [0.2, 0.25) is 5.91 Å². The second-order valence-electron chi connectivity index (χ2n) is 4.52. The fourth-order valence-corrected chi connectivity index (χ4v) is 1.25. The lowest BCUT2D eigenvalue weighted by atomic mass is 10.1. The van der Waals surface area contributed by atoms with Crippen LogP contribution in [-0.4, -0.2) is 41.7 Å². The number of ether oxygens (including phenoxy) is 1. The normalized spacial score (nSPS) is 13.1. The van der Waals surface area contributed by atoms with Gasteiger partial charge >= 0.3 is 5.97 Å². The molecule has 0 aromatic carbocycles. The van der Waals surface area contributed by atoms with Crippen molar-refractivity contribution >= 4 is 24.5 Å². The van der Waals surface area contributed by atoms with Crippen LogP contribution in [0, 0.1) is 0 Å². The summed E-state index contributed by atoms with van der Waals surface area (Å²) in [5.74, 6) is -0.471. The molecule has 0 spiro atoms. The van der Waals surface area contributed by atoms with E-state index in [4.69, 9.17) is 0 Å². The molecule has 94 valence electrons. The van der Waals surface area contributed by atoms with Crippen LogP contribution in [-0.2, 0) is 14.3 Å². The minimum absolute atomic E-state index is 0.0694. The predicted molar refractivity (Wildman–Crippen MR) is 66.5 cm³/mol. The average Bonchev–Trinajstić information content (AvgIpc) is 2.21. The van der Waals surface area contributed by atoms with Crippen molar-refractivity contribution in [2.24, 2.45) is 0 Å². The second-order valence-corrected chi connectivity index (χ2v) is 5.73. The fourth-order valence-electron chi connectivity index (χ4n) is 1.13. The summed E-state index contributed by atoms with van der Waals surface area (Å²) < 4.78 is 4.41. The van der Waals surface area contributed by atoms with Crippen LogP contribution in [0.2, 0.25) is 0 Å². The van der Waals surface area contributed by atoms with E-state index in [1.165, 1.54) is 12.0 Å². The zero-order valence-electron chi connectivity index (χ0n) is 10.6. The smallest absolute Gasteiger partial charge is 0.328 e. The Hall–Kier alpha value is -0.710. The van der Waals surface area contributed by atoms with Gasteiger partial charge in [0.05, 0.1) is 7.11 Å². The Kier molecular flexibility index (Phi) is 5.86. The number of hydrogen-bond acceptors (Lipinski definition) is 4. The molecule has 0 bridgehead atoms. The third-order valence-electron chi connectivity index (χ3n) is 2.47. The maximum absolute atomic E-state index is 11.7. The van der Waals surface area contributed by atoms with Crippen molar-refractivity contribution < 1.29 is 14.3 Å². The van der Waals surface area contributed by atoms with Crippen molar-refractivity contribution in [3.8, 4) is 0 Å². The van der Waals surface area contributed by atoms with Crippen molar-refractivity contribution in [2.75, 3.05) is 14.2 Å². The average molecular weight is 247 g/mol. The zero-order chi connectivity index (χ0) is 12.9. The van der Waals surface area contributed by atoms with Gasteiger partial charge in [0.25, 0.3) is 0 Å². The highest BCUT2D eigenvalue weighted by Crippen LogP contribution is 2.19. The fraction of sp³-hybridized carbons (Fsp3) is 0.818. The highest BCUT2D eigenvalue weighted by Gasteiger charge is 2.24. The molecule has 0 radical (unpaired) electrons. The van der Waals surface area contributed by atoms with Crippen LogP contribution in [0.1, 0.15) is 33.6 Å². The summed E-state index contributed by atoms with van der Waals surface area (Å²) in [5.41, 5.74) is 0. The molecule has 16 heavy (non-hydrogen) atoms. The van der Waals surface area contributed by atoms with Crippen molar-refractivity contribution in [3.05, 3.63) is 0 Å². The number of esters is 1. The molecule has 0 aliphatic rings. The van der Waals surface area contributed by atoms with E-state index < -0.39 is 12.0 Å². The van der Waals surface area contributed by atoms with E-state index in [9.17, 15) is 9.59 Å². The zero-order valence-corrected chi connectivity index (χ0v) is 11.5. The van der Waals surface area contributed by atoms with E-state index in [2.05, 4.69) is 17.4 Å². The van der Waals surface area contributed by atoms with E-state index >= 15 is 0 Å². The maximum atomic E-state index is 11.7. The van der Waals surface area contributed by atoms with E-state index in [-0.39, 0.29) is 10.7 Å². The topological polar surface area (TPSA) is 46.6 Å². The van der Waals surface area contributed by atoms with E-state index in [0.29, 0.717) is 12.8 Å². The Labute approximate surface area is 103 Å². The Morgan fingerprint density at radius 3 is 2.31 bits per heavy atom. The lowest BCUT2D eigenvalue weighted by Gasteiger charge is -2.24. The molecule has 1 amide bonds. The summed E-state index contributed by atoms with van der Waals surface area (Å²) in [6.07, 6.45) is 1.06. The molecule has 4 nitrogen and oxygen atoms in total. The molecule has 0 saturated carbocycles. The third-order valence-corrected chi connectivity index (χ3v) is 2.69. The quantitative estimate of drug-likeness (QED) is 0.591. The van der Waals surface area contributed by atoms with Crippen LogP contribution in [0.25, 0.3) is 0 Å². The molecule has 1 atom stereocenters. The molecule has 0 aliphatic carbocycles. The van der Waals surface area contributed by atoms with Gasteiger partial charge in [0.1, 0.15) is 6.04 Å². The van der Waals surface area contributed by atoms with Gasteiger partial charge in [-0.15, -0.1) is 0 Å². The SMILES string of the molecule is COC(=O)C(C)N(C)C(=O)CCC(C)(C)S.